The van der Waals surface area contributed by atoms with Crippen molar-refractivity contribution in [2.24, 2.45) is 4.99 Å². The Morgan fingerprint density at radius 2 is 2.13 bits per heavy atom. The summed E-state index contributed by atoms with van der Waals surface area (Å²) in [5.74, 6) is 0.356. The van der Waals surface area contributed by atoms with Crippen LogP contribution < -0.4 is 0 Å². The van der Waals surface area contributed by atoms with Crippen LogP contribution in [0.1, 0.15) is 19.0 Å². The molecule has 118 valence electrons. The van der Waals surface area contributed by atoms with Gasteiger partial charge in [-0.3, -0.25) is 4.98 Å². The van der Waals surface area contributed by atoms with Crippen molar-refractivity contribution in [3.05, 3.63) is 54.0 Å². The molecule has 0 saturated carbocycles. The van der Waals surface area contributed by atoms with Crippen LogP contribution in [0.4, 0.5) is 8.78 Å². The van der Waals surface area contributed by atoms with Gasteiger partial charge in [0.15, 0.2) is 5.82 Å². The van der Waals surface area contributed by atoms with Crippen molar-refractivity contribution in [1.29, 1.82) is 0 Å². The summed E-state index contributed by atoms with van der Waals surface area (Å²) in [6.45, 7) is 1.96. The molecular weight excluding hydrogens is 317 g/mol. The summed E-state index contributed by atoms with van der Waals surface area (Å²) in [6.07, 6.45) is 9.14. The topological polar surface area (TPSA) is 43.1 Å². The molecule has 1 atom stereocenters. The number of alkyl halides is 2. The van der Waals surface area contributed by atoms with E-state index in [1.54, 1.807) is 46.1 Å². The number of hydrogen-bond donors (Lipinski definition) is 0. The Bertz CT molecular complexity index is 801. The number of aromatic nitrogens is 3. The largest absolute Gasteiger partial charge is 0.300 e. The Kier molecular flexibility index (Phi) is 4.18. The second-order valence-electron chi connectivity index (χ2n) is 5.24. The zero-order chi connectivity index (χ0) is 16.4. The van der Waals surface area contributed by atoms with Crippen molar-refractivity contribution in [2.75, 3.05) is 0 Å². The molecule has 0 bridgehead atoms. The molecule has 0 aromatic carbocycles. The summed E-state index contributed by atoms with van der Waals surface area (Å²) in [4.78, 5) is 8.26. The van der Waals surface area contributed by atoms with Crippen LogP contribution in [0.3, 0.4) is 0 Å². The van der Waals surface area contributed by atoms with Gasteiger partial charge < -0.3 is 0 Å². The summed E-state index contributed by atoms with van der Waals surface area (Å²) < 4.78 is 29.1. The smallest absolute Gasteiger partial charge is 0.264 e. The minimum atomic E-state index is -3.12. The summed E-state index contributed by atoms with van der Waals surface area (Å²) in [6, 6.07) is 4.88. The molecule has 23 heavy (non-hydrogen) atoms. The van der Waals surface area contributed by atoms with Crippen LogP contribution in [-0.4, -0.2) is 21.0 Å². The van der Waals surface area contributed by atoms with Crippen LogP contribution >= 0.6 is 9.24 Å². The highest BCUT2D eigenvalue weighted by Crippen LogP contribution is 2.38. The number of nitrogens with zero attached hydrogens (tertiary/aromatic N) is 4. The molecule has 0 radical (unpaired) electrons. The molecule has 2 aromatic rings. The average molecular weight is 332 g/mol. The van der Waals surface area contributed by atoms with Crippen molar-refractivity contribution >= 4 is 21.3 Å². The zero-order valence-electron chi connectivity index (χ0n) is 12.4. The molecule has 1 aliphatic rings. The Balaban J connectivity index is 2.14. The van der Waals surface area contributed by atoms with E-state index in [2.05, 4.69) is 15.1 Å². The second kappa shape index (κ2) is 6.13. The van der Waals surface area contributed by atoms with Crippen LogP contribution in [0.2, 0.25) is 0 Å². The number of aliphatic imine (C=N–C) groups is 1. The predicted octanol–water partition coefficient (Wildman–Crippen LogP) is 4.09. The van der Waals surface area contributed by atoms with Gasteiger partial charge in [0.2, 0.25) is 0 Å². The van der Waals surface area contributed by atoms with E-state index in [0.717, 1.165) is 5.57 Å². The Morgan fingerprint density at radius 1 is 1.30 bits per heavy atom. The van der Waals surface area contributed by atoms with Crippen LogP contribution in [0.15, 0.2) is 53.3 Å². The Labute approximate surface area is 134 Å². The highest BCUT2D eigenvalue weighted by molar-refractivity contribution is 7.17. The fourth-order valence-corrected chi connectivity index (χ4v) is 2.39. The first-order valence-electron chi connectivity index (χ1n) is 7.03. The fourth-order valence-electron chi connectivity index (χ4n) is 2.18. The Morgan fingerprint density at radius 3 is 2.83 bits per heavy atom. The maximum absolute atomic E-state index is 14.0. The van der Waals surface area contributed by atoms with Gasteiger partial charge in [0.05, 0.1) is 5.69 Å². The van der Waals surface area contributed by atoms with Crippen molar-refractivity contribution in [3.63, 3.8) is 0 Å². The second-order valence-corrected chi connectivity index (χ2v) is 5.97. The van der Waals surface area contributed by atoms with E-state index in [9.17, 15) is 8.78 Å². The Hall–Kier alpha value is -2.20. The fraction of sp³-hybridized carbons (Fsp3) is 0.188. The van der Waals surface area contributed by atoms with Gasteiger partial charge in [0.1, 0.15) is 5.69 Å². The van der Waals surface area contributed by atoms with E-state index in [1.165, 1.54) is 10.7 Å². The summed E-state index contributed by atoms with van der Waals surface area (Å²) in [7, 11) is 1.55. The van der Waals surface area contributed by atoms with E-state index >= 15 is 0 Å². The number of allylic oxidation sites excluding steroid dienone is 3. The molecule has 2 aromatic heterocycles. The standard InChI is InChI=1S/C16H15F2N4P/c1-11-4-5-15(20-8-6-11)22-14(16(17,18)23)9-13(21-22)12-3-2-7-19-10-12/h2-5,7-10H,6,23H2,1H3. The molecule has 0 spiro atoms. The van der Waals surface area contributed by atoms with Gasteiger partial charge in [-0.1, -0.05) is 20.9 Å². The van der Waals surface area contributed by atoms with Crippen LogP contribution in [0, 0.1) is 0 Å². The van der Waals surface area contributed by atoms with Gasteiger partial charge in [0.25, 0.3) is 5.66 Å². The lowest BCUT2D eigenvalue weighted by atomic mass is 10.2. The highest BCUT2D eigenvalue weighted by atomic mass is 31.0. The lowest BCUT2D eigenvalue weighted by Gasteiger charge is -2.12. The van der Waals surface area contributed by atoms with Crippen LogP contribution in [0.5, 0.6) is 0 Å². The molecule has 1 aliphatic heterocycles. The first kappa shape index (κ1) is 15.7. The SMILES string of the molecule is CC1=CC=C(n2nc(-c3cccnc3)cc2C(F)(F)P)N=CC1. The lowest BCUT2D eigenvalue weighted by molar-refractivity contribution is 0.0958. The third-order valence-electron chi connectivity index (χ3n) is 3.38. The molecule has 4 nitrogen and oxygen atoms in total. The van der Waals surface area contributed by atoms with E-state index in [4.69, 9.17) is 0 Å². The lowest BCUT2D eigenvalue weighted by Crippen LogP contribution is -2.12. The summed E-state index contributed by atoms with van der Waals surface area (Å²) in [5.41, 5.74) is -1.15. The van der Waals surface area contributed by atoms with Crippen molar-refractivity contribution in [2.45, 2.75) is 19.0 Å². The number of rotatable bonds is 3. The number of hydrogen-bond acceptors (Lipinski definition) is 3. The van der Waals surface area contributed by atoms with E-state index in [0.29, 0.717) is 23.5 Å². The van der Waals surface area contributed by atoms with Crippen molar-refractivity contribution in [1.82, 2.24) is 14.8 Å². The van der Waals surface area contributed by atoms with Crippen LogP contribution in [-0.2, 0) is 5.66 Å². The third-order valence-corrected chi connectivity index (χ3v) is 3.67. The van der Waals surface area contributed by atoms with Gasteiger partial charge in [-0.15, -0.1) is 0 Å². The number of pyridine rings is 1. The molecule has 0 saturated heterocycles. The summed E-state index contributed by atoms with van der Waals surface area (Å²) >= 11 is 0. The van der Waals surface area contributed by atoms with E-state index < -0.39 is 5.66 Å². The molecule has 0 aliphatic carbocycles. The normalized spacial score (nSPS) is 15.1. The van der Waals surface area contributed by atoms with Gasteiger partial charge in [-0.2, -0.15) is 13.9 Å². The quantitative estimate of drug-likeness (QED) is 0.795. The first-order chi connectivity index (χ1) is 10.9. The van der Waals surface area contributed by atoms with E-state index in [1.807, 2.05) is 13.0 Å². The van der Waals surface area contributed by atoms with Gasteiger partial charge in [0, 0.05) is 30.6 Å². The first-order valence-corrected chi connectivity index (χ1v) is 7.61. The van der Waals surface area contributed by atoms with Gasteiger partial charge >= 0.3 is 0 Å². The molecule has 3 rings (SSSR count). The molecule has 0 amide bonds. The average Bonchev–Trinajstić information content (AvgIpc) is 2.86. The zero-order valence-corrected chi connectivity index (χ0v) is 13.6. The van der Waals surface area contributed by atoms with Crippen molar-refractivity contribution in [3.8, 4) is 11.3 Å². The highest BCUT2D eigenvalue weighted by Gasteiger charge is 2.31. The van der Waals surface area contributed by atoms with E-state index in [-0.39, 0.29) is 5.69 Å². The maximum atomic E-state index is 14.0. The minimum Gasteiger partial charge on any atom is -0.264 e. The molecule has 7 heteroatoms. The van der Waals surface area contributed by atoms with Crippen LogP contribution in [0.25, 0.3) is 17.1 Å². The predicted molar refractivity (Wildman–Crippen MR) is 90.2 cm³/mol. The van der Waals surface area contributed by atoms with Gasteiger partial charge in [-0.25, -0.2) is 9.67 Å². The molecular formula is C16H15F2N4P. The van der Waals surface area contributed by atoms with Crippen molar-refractivity contribution < 1.29 is 8.78 Å². The molecule has 1 unspecified atom stereocenters. The molecule has 3 heterocycles. The third kappa shape index (κ3) is 3.42. The monoisotopic (exact) mass is 332 g/mol. The summed E-state index contributed by atoms with van der Waals surface area (Å²) in [5, 5.41) is 4.31. The minimum absolute atomic E-state index is 0.238. The maximum Gasteiger partial charge on any atom is 0.300 e. The molecule has 0 fully saturated rings. The molecule has 0 N–H and O–H groups in total. The number of halogens is 2. The van der Waals surface area contributed by atoms with Gasteiger partial charge in [-0.05, 0) is 31.2 Å².